The maximum atomic E-state index is 9.50. The normalized spacial score (nSPS) is 14.7. The van der Waals surface area contributed by atoms with Gasteiger partial charge in [-0.3, -0.25) is 0 Å². The Labute approximate surface area is 155 Å². The Morgan fingerprint density at radius 3 is 2.08 bits per heavy atom. The molecule has 0 saturated carbocycles. The van der Waals surface area contributed by atoms with Gasteiger partial charge in [0.1, 0.15) is 11.5 Å². The minimum atomic E-state index is -0.526. The van der Waals surface area contributed by atoms with Crippen LogP contribution in [0.25, 0.3) is 0 Å². The van der Waals surface area contributed by atoms with E-state index in [1.54, 1.807) is 31.2 Å². The van der Waals surface area contributed by atoms with Gasteiger partial charge in [0.05, 0.1) is 18.8 Å². The number of hydrogen-bond donors (Lipinski definition) is 4. The molecular formula is C21H29NO4. The summed E-state index contributed by atoms with van der Waals surface area (Å²) in [5.41, 5.74) is 2.15. The SMILES string of the molecule is CC(O)COC(CNC(C)CCc1ccc(O)cc1)c1ccc(O)cc1. The Bertz CT molecular complexity index is 640. The second-order valence-electron chi connectivity index (χ2n) is 6.78. The number of hydrogen-bond acceptors (Lipinski definition) is 5. The van der Waals surface area contributed by atoms with Crippen LogP contribution in [0.5, 0.6) is 11.5 Å². The molecule has 0 radical (unpaired) electrons. The van der Waals surface area contributed by atoms with Gasteiger partial charge in [0.15, 0.2) is 0 Å². The first-order valence-corrected chi connectivity index (χ1v) is 9.04. The molecule has 0 saturated heterocycles. The maximum Gasteiger partial charge on any atom is 0.115 e. The summed E-state index contributed by atoms with van der Waals surface area (Å²) in [6.45, 7) is 4.70. The molecule has 2 aromatic carbocycles. The predicted octanol–water partition coefficient (Wildman–Crippen LogP) is 3.15. The van der Waals surface area contributed by atoms with Crippen molar-refractivity contribution in [2.45, 2.75) is 44.9 Å². The molecule has 3 unspecified atom stereocenters. The van der Waals surface area contributed by atoms with Crippen LogP contribution in [0.2, 0.25) is 0 Å². The number of phenols is 2. The minimum absolute atomic E-state index is 0.193. The fourth-order valence-electron chi connectivity index (χ4n) is 2.67. The second-order valence-corrected chi connectivity index (χ2v) is 6.78. The van der Waals surface area contributed by atoms with E-state index in [9.17, 15) is 15.3 Å². The number of aliphatic hydroxyl groups is 1. The minimum Gasteiger partial charge on any atom is -0.508 e. The van der Waals surface area contributed by atoms with Crippen LogP contribution in [0.4, 0.5) is 0 Å². The first kappa shape index (κ1) is 20.2. The molecule has 0 fully saturated rings. The zero-order valence-corrected chi connectivity index (χ0v) is 15.4. The van der Waals surface area contributed by atoms with Crippen LogP contribution in [-0.4, -0.2) is 40.6 Å². The third-order valence-electron chi connectivity index (χ3n) is 4.26. The number of aliphatic hydroxyl groups excluding tert-OH is 1. The van der Waals surface area contributed by atoms with Gasteiger partial charge in [-0.2, -0.15) is 0 Å². The number of aryl methyl sites for hydroxylation is 1. The Morgan fingerprint density at radius 1 is 0.923 bits per heavy atom. The summed E-state index contributed by atoms with van der Waals surface area (Å²) in [4.78, 5) is 0. The molecule has 0 aliphatic rings. The lowest BCUT2D eigenvalue weighted by Gasteiger charge is -2.22. The van der Waals surface area contributed by atoms with Gasteiger partial charge in [0.25, 0.3) is 0 Å². The van der Waals surface area contributed by atoms with Crippen molar-refractivity contribution >= 4 is 0 Å². The summed E-state index contributed by atoms with van der Waals surface area (Å²) in [5, 5.41) is 31.8. The molecule has 0 aliphatic carbocycles. The number of phenolic OH excluding ortho intramolecular Hbond substituents is 2. The first-order chi connectivity index (χ1) is 12.4. The smallest absolute Gasteiger partial charge is 0.115 e. The average Bonchev–Trinajstić information content (AvgIpc) is 2.62. The van der Waals surface area contributed by atoms with Crippen molar-refractivity contribution < 1.29 is 20.1 Å². The quantitative estimate of drug-likeness (QED) is 0.524. The zero-order valence-electron chi connectivity index (χ0n) is 15.4. The van der Waals surface area contributed by atoms with Crippen molar-refractivity contribution in [3.63, 3.8) is 0 Å². The zero-order chi connectivity index (χ0) is 18.9. The molecule has 0 aliphatic heterocycles. The van der Waals surface area contributed by atoms with Gasteiger partial charge in [-0.15, -0.1) is 0 Å². The highest BCUT2D eigenvalue weighted by Gasteiger charge is 2.15. The highest BCUT2D eigenvalue weighted by molar-refractivity contribution is 5.28. The summed E-state index contributed by atoms with van der Waals surface area (Å²) >= 11 is 0. The molecule has 4 N–H and O–H groups in total. The Kier molecular flexibility index (Phi) is 7.91. The van der Waals surface area contributed by atoms with E-state index >= 15 is 0 Å². The lowest BCUT2D eigenvalue weighted by atomic mass is 10.0. The third-order valence-corrected chi connectivity index (χ3v) is 4.26. The largest absolute Gasteiger partial charge is 0.508 e. The van der Waals surface area contributed by atoms with E-state index in [0.717, 1.165) is 18.4 Å². The van der Waals surface area contributed by atoms with Crippen LogP contribution < -0.4 is 5.32 Å². The van der Waals surface area contributed by atoms with E-state index in [1.807, 2.05) is 24.3 Å². The number of benzene rings is 2. The summed E-state index contributed by atoms with van der Waals surface area (Å²) < 4.78 is 5.83. The monoisotopic (exact) mass is 359 g/mol. The summed E-state index contributed by atoms with van der Waals surface area (Å²) in [6.07, 6.45) is 1.17. The van der Waals surface area contributed by atoms with Crippen molar-refractivity contribution in [2.24, 2.45) is 0 Å². The van der Waals surface area contributed by atoms with Crippen molar-refractivity contribution in [3.05, 3.63) is 59.7 Å². The van der Waals surface area contributed by atoms with Crippen LogP contribution in [0, 0.1) is 0 Å². The van der Waals surface area contributed by atoms with Crippen molar-refractivity contribution in [1.29, 1.82) is 0 Å². The number of aromatic hydroxyl groups is 2. The van der Waals surface area contributed by atoms with Gasteiger partial charge in [-0.25, -0.2) is 0 Å². The predicted molar refractivity (Wildman–Crippen MR) is 102 cm³/mol. The Balaban J connectivity index is 1.86. The molecule has 142 valence electrons. The van der Waals surface area contributed by atoms with Crippen molar-refractivity contribution in [1.82, 2.24) is 5.32 Å². The first-order valence-electron chi connectivity index (χ1n) is 9.04. The second kappa shape index (κ2) is 10.2. The van der Waals surface area contributed by atoms with E-state index in [0.29, 0.717) is 12.6 Å². The number of ether oxygens (including phenoxy) is 1. The lowest BCUT2D eigenvalue weighted by Crippen LogP contribution is -2.32. The molecular weight excluding hydrogens is 330 g/mol. The summed E-state index contributed by atoms with van der Waals surface area (Å²) in [6, 6.07) is 14.5. The fourth-order valence-corrected chi connectivity index (χ4v) is 2.67. The van der Waals surface area contributed by atoms with Crippen molar-refractivity contribution in [2.75, 3.05) is 13.2 Å². The van der Waals surface area contributed by atoms with Crippen LogP contribution in [0.1, 0.15) is 37.5 Å². The van der Waals surface area contributed by atoms with Crippen LogP contribution >= 0.6 is 0 Å². The molecule has 0 spiro atoms. The van der Waals surface area contributed by atoms with E-state index in [4.69, 9.17) is 4.74 Å². The van der Waals surface area contributed by atoms with E-state index in [1.165, 1.54) is 5.56 Å². The van der Waals surface area contributed by atoms with Crippen LogP contribution in [0.15, 0.2) is 48.5 Å². The maximum absolute atomic E-state index is 9.50. The van der Waals surface area contributed by atoms with Gasteiger partial charge in [-0.1, -0.05) is 24.3 Å². The van der Waals surface area contributed by atoms with Gasteiger partial charge >= 0.3 is 0 Å². The van der Waals surface area contributed by atoms with Crippen LogP contribution in [0.3, 0.4) is 0 Å². The molecule has 2 aromatic rings. The van der Waals surface area contributed by atoms with E-state index < -0.39 is 6.10 Å². The standard InChI is InChI=1S/C21H29NO4/c1-15(3-4-17-5-9-19(24)10-6-17)22-13-21(26-14-16(2)23)18-7-11-20(25)12-8-18/h5-12,15-16,21-25H,3-4,13-14H2,1-2H3. The van der Waals surface area contributed by atoms with Gasteiger partial charge in [0, 0.05) is 12.6 Å². The topological polar surface area (TPSA) is 82.0 Å². The van der Waals surface area contributed by atoms with E-state index in [-0.39, 0.29) is 24.2 Å². The third kappa shape index (κ3) is 7.04. The van der Waals surface area contributed by atoms with Gasteiger partial charge in [-0.05, 0) is 62.1 Å². The molecule has 3 atom stereocenters. The highest BCUT2D eigenvalue weighted by atomic mass is 16.5. The highest BCUT2D eigenvalue weighted by Crippen LogP contribution is 2.20. The fraction of sp³-hybridized carbons (Fsp3) is 0.429. The molecule has 0 amide bonds. The number of nitrogens with one attached hydrogen (secondary N) is 1. The average molecular weight is 359 g/mol. The molecule has 0 aromatic heterocycles. The molecule has 0 heterocycles. The van der Waals surface area contributed by atoms with E-state index in [2.05, 4.69) is 12.2 Å². The summed E-state index contributed by atoms with van der Waals surface area (Å²) in [5.74, 6) is 0.505. The van der Waals surface area contributed by atoms with Crippen LogP contribution in [-0.2, 0) is 11.2 Å². The van der Waals surface area contributed by atoms with Gasteiger partial charge in [0.2, 0.25) is 0 Å². The lowest BCUT2D eigenvalue weighted by molar-refractivity contribution is -0.00430. The van der Waals surface area contributed by atoms with Gasteiger partial charge < -0.3 is 25.4 Å². The molecule has 0 bridgehead atoms. The Hall–Kier alpha value is -2.08. The Morgan fingerprint density at radius 2 is 1.50 bits per heavy atom. The molecule has 26 heavy (non-hydrogen) atoms. The summed E-state index contributed by atoms with van der Waals surface area (Å²) in [7, 11) is 0. The molecule has 5 nitrogen and oxygen atoms in total. The molecule has 2 rings (SSSR count). The number of rotatable bonds is 10. The van der Waals surface area contributed by atoms with Crippen molar-refractivity contribution in [3.8, 4) is 11.5 Å². The molecule has 5 heteroatoms.